The molecule has 0 unspecified atom stereocenters. The van der Waals surface area contributed by atoms with Gasteiger partial charge in [0.25, 0.3) is 0 Å². The molecule has 0 bridgehead atoms. The maximum absolute atomic E-state index is 12.2. The zero-order valence-corrected chi connectivity index (χ0v) is 17.1. The minimum atomic E-state index is -0.161. The Morgan fingerprint density at radius 1 is 1.29 bits per heavy atom. The minimum absolute atomic E-state index is 0.161. The number of rotatable bonds is 6. The number of thiophene rings is 1. The topological polar surface area (TPSA) is 76.5 Å². The molecule has 28 heavy (non-hydrogen) atoms. The fourth-order valence-corrected chi connectivity index (χ4v) is 5.32. The van der Waals surface area contributed by atoms with Gasteiger partial charge in [0.1, 0.15) is 21.9 Å². The van der Waals surface area contributed by atoms with Gasteiger partial charge in [0.15, 0.2) is 0 Å². The number of carbonyl (C=O) groups is 1. The summed E-state index contributed by atoms with van der Waals surface area (Å²) in [5.41, 5.74) is 4.84. The summed E-state index contributed by atoms with van der Waals surface area (Å²) in [6, 6.07) is 7.45. The van der Waals surface area contributed by atoms with Crippen LogP contribution >= 0.6 is 23.1 Å². The van der Waals surface area contributed by atoms with Gasteiger partial charge in [0.2, 0.25) is 5.91 Å². The summed E-state index contributed by atoms with van der Waals surface area (Å²) >= 11 is 3.20. The Bertz CT molecular complexity index is 1010. The Morgan fingerprint density at radius 3 is 2.93 bits per heavy atom. The van der Waals surface area contributed by atoms with Crippen molar-refractivity contribution in [3.63, 3.8) is 0 Å². The Morgan fingerprint density at radius 2 is 2.11 bits per heavy atom. The molecule has 1 aromatic carbocycles. The lowest BCUT2D eigenvalue weighted by Crippen LogP contribution is -2.19. The van der Waals surface area contributed by atoms with E-state index in [1.807, 2.05) is 24.3 Å². The van der Waals surface area contributed by atoms with Crippen LogP contribution in [0.4, 0.5) is 0 Å². The second-order valence-electron chi connectivity index (χ2n) is 6.42. The Labute approximate surface area is 171 Å². The summed E-state index contributed by atoms with van der Waals surface area (Å²) in [6.45, 7) is 0. The van der Waals surface area contributed by atoms with E-state index in [4.69, 9.17) is 4.74 Å². The fourth-order valence-electron chi connectivity index (χ4n) is 3.21. The highest BCUT2D eigenvalue weighted by atomic mass is 32.2. The lowest BCUT2D eigenvalue weighted by molar-refractivity contribution is -0.118. The molecule has 2 aromatic heterocycles. The molecule has 4 rings (SSSR count). The molecule has 0 saturated heterocycles. The van der Waals surface area contributed by atoms with Crippen molar-refractivity contribution >= 4 is 45.4 Å². The number of aryl methyl sites for hydroxylation is 2. The van der Waals surface area contributed by atoms with Crippen LogP contribution in [0.1, 0.15) is 28.8 Å². The van der Waals surface area contributed by atoms with Crippen molar-refractivity contribution in [2.45, 2.75) is 30.7 Å². The van der Waals surface area contributed by atoms with E-state index in [0.29, 0.717) is 0 Å². The standard InChI is InChI=1S/C20H20N4O2S2/c1-26-14-8-6-13(7-9-14)10-23-24-17(25)11-27-19-18-15-4-2-3-5-16(15)28-20(18)22-12-21-19/h6-10,12H,2-5,11H2,1H3,(H,24,25). The summed E-state index contributed by atoms with van der Waals surface area (Å²) in [5, 5.41) is 6.05. The Balaban J connectivity index is 1.38. The van der Waals surface area contributed by atoms with E-state index in [9.17, 15) is 4.79 Å². The lowest BCUT2D eigenvalue weighted by Gasteiger charge is -2.11. The van der Waals surface area contributed by atoms with Crippen LogP contribution in [0.3, 0.4) is 0 Å². The molecule has 3 aromatic rings. The molecule has 1 amide bonds. The van der Waals surface area contributed by atoms with Gasteiger partial charge < -0.3 is 4.74 Å². The number of amides is 1. The molecule has 0 spiro atoms. The molecule has 8 heteroatoms. The second kappa shape index (κ2) is 8.70. The molecule has 0 saturated carbocycles. The summed E-state index contributed by atoms with van der Waals surface area (Å²) in [7, 11) is 1.62. The van der Waals surface area contributed by atoms with Crippen molar-refractivity contribution < 1.29 is 9.53 Å². The lowest BCUT2D eigenvalue weighted by atomic mass is 9.97. The number of hydrogen-bond acceptors (Lipinski definition) is 7. The first-order valence-corrected chi connectivity index (χ1v) is 10.9. The maximum Gasteiger partial charge on any atom is 0.250 e. The van der Waals surface area contributed by atoms with E-state index in [1.165, 1.54) is 35.0 Å². The van der Waals surface area contributed by atoms with Crippen molar-refractivity contribution in [3.05, 3.63) is 46.6 Å². The van der Waals surface area contributed by atoms with Crippen molar-refractivity contribution in [3.8, 4) is 5.75 Å². The minimum Gasteiger partial charge on any atom is -0.497 e. The molecule has 0 aliphatic heterocycles. The normalized spacial score (nSPS) is 13.6. The smallest absolute Gasteiger partial charge is 0.250 e. The van der Waals surface area contributed by atoms with Crippen LogP contribution in [0, 0.1) is 0 Å². The van der Waals surface area contributed by atoms with Crippen molar-refractivity contribution in [1.29, 1.82) is 0 Å². The van der Waals surface area contributed by atoms with Crippen molar-refractivity contribution in [2.75, 3.05) is 12.9 Å². The number of methoxy groups -OCH3 is 1. The number of nitrogens with zero attached hydrogens (tertiary/aromatic N) is 3. The van der Waals surface area contributed by atoms with Crippen molar-refractivity contribution in [2.24, 2.45) is 5.10 Å². The summed E-state index contributed by atoms with van der Waals surface area (Å²) in [4.78, 5) is 23.5. The van der Waals surface area contributed by atoms with Crippen molar-refractivity contribution in [1.82, 2.24) is 15.4 Å². The van der Waals surface area contributed by atoms with E-state index < -0.39 is 0 Å². The molecule has 1 aliphatic rings. The number of ether oxygens (including phenoxy) is 1. The Kier molecular flexibility index (Phi) is 5.87. The zero-order valence-electron chi connectivity index (χ0n) is 15.5. The van der Waals surface area contributed by atoms with Crippen LogP contribution in [0.2, 0.25) is 0 Å². The number of fused-ring (bicyclic) bond motifs is 3. The van der Waals surface area contributed by atoms with Gasteiger partial charge in [0.05, 0.1) is 19.1 Å². The number of carbonyl (C=O) groups excluding carboxylic acids is 1. The van der Waals surface area contributed by atoms with Gasteiger partial charge >= 0.3 is 0 Å². The molecule has 0 atom stereocenters. The van der Waals surface area contributed by atoms with E-state index >= 15 is 0 Å². The van der Waals surface area contributed by atoms with Crippen LogP contribution in [0.25, 0.3) is 10.2 Å². The van der Waals surface area contributed by atoms with Crippen LogP contribution < -0.4 is 10.2 Å². The molecule has 1 N–H and O–H groups in total. The fraction of sp³-hybridized carbons (Fsp3) is 0.300. The SMILES string of the molecule is COc1ccc(C=NNC(=O)CSc2ncnc3sc4c(c23)CCCC4)cc1. The molecule has 144 valence electrons. The van der Waals surface area contributed by atoms with Gasteiger partial charge in [0, 0.05) is 10.3 Å². The van der Waals surface area contributed by atoms with Gasteiger partial charge in [-0.05, 0) is 61.1 Å². The average molecular weight is 413 g/mol. The number of thioether (sulfide) groups is 1. The first-order chi connectivity index (χ1) is 13.7. The van der Waals surface area contributed by atoms with E-state index in [-0.39, 0.29) is 11.7 Å². The average Bonchev–Trinajstić information content (AvgIpc) is 3.12. The molecular formula is C20H20N4O2S2. The monoisotopic (exact) mass is 412 g/mol. The second-order valence-corrected chi connectivity index (χ2v) is 8.47. The third kappa shape index (κ3) is 4.18. The van der Waals surface area contributed by atoms with Crippen LogP contribution in [-0.2, 0) is 17.6 Å². The maximum atomic E-state index is 12.2. The van der Waals surface area contributed by atoms with Gasteiger partial charge in [-0.1, -0.05) is 11.8 Å². The summed E-state index contributed by atoms with van der Waals surface area (Å²) in [5.74, 6) is 0.881. The predicted octanol–water partition coefficient (Wildman–Crippen LogP) is 3.82. The molecule has 0 radical (unpaired) electrons. The highest BCUT2D eigenvalue weighted by molar-refractivity contribution is 8.00. The highest BCUT2D eigenvalue weighted by Crippen LogP contribution is 2.39. The van der Waals surface area contributed by atoms with E-state index in [0.717, 1.165) is 39.4 Å². The molecule has 0 fully saturated rings. The van der Waals surface area contributed by atoms with Gasteiger partial charge in [-0.2, -0.15) is 5.10 Å². The van der Waals surface area contributed by atoms with Crippen LogP contribution in [0.15, 0.2) is 40.7 Å². The third-order valence-electron chi connectivity index (χ3n) is 4.58. The number of benzene rings is 1. The number of nitrogens with one attached hydrogen (secondary N) is 1. The van der Waals surface area contributed by atoms with Gasteiger partial charge in [-0.15, -0.1) is 11.3 Å². The zero-order chi connectivity index (χ0) is 19.3. The van der Waals surface area contributed by atoms with E-state index in [1.54, 1.807) is 31.0 Å². The number of hydrogen-bond donors (Lipinski definition) is 1. The molecule has 1 aliphatic carbocycles. The molecule has 2 heterocycles. The predicted molar refractivity (Wildman–Crippen MR) is 114 cm³/mol. The quantitative estimate of drug-likeness (QED) is 0.288. The summed E-state index contributed by atoms with van der Waals surface area (Å²) < 4.78 is 5.12. The van der Waals surface area contributed by atoms with Gasteiger partial charge in [-0.25, -0.2) is 15.4 Å². The Hall–Kier alpha value is -2.45. The first kappa shape index (κ1) is 18.9. The third-order valence-corrected chi connectivity index (χ3v) is 6.76. The van der Waals surface area contributed by atoms with Crippen LogP contribution in [0.5, 0.6) is 5.75 Å². The highest BCUT2D eigenvalue weighted by Gasteiger charge is 2.20. The number of aromatic nitrogens is 2. The largest absolute Gasteiger partial charge is 0.497 e. The molecule has 6 nitrogen and oxygen atoms in total. The van der Waals surface area contributed by atoms with E-state index in [2.05, 4.69) is 20.5 Å². The number of hydrazone groups is 1. The summed E-state index contributed by atoms with van der Waals surface area (Å²) in [6.07, 6.45) is 7.85. The first-order valence-electron chi connectivity index (χ1n) is 9.08. The van der Waals surface area contributed by atoms with Crippen LogP contribution in [-0.4, -0.2) is 35.0 Å². The van der Waals surface area contributed by atoms with Gasteiger partial charge in [-0.3, -0.25) is 4.79 Å². The molecular weight excluding hydrogens is 392 g/mol.